The number of fused-ring (bicyclic) bond motifs is 2. The van der Waals surface area contributed by atoms with E-state index >= 15 is 0 Å². The number of amides is 1. The molecule has 8 heteroatoms. The van der Waals surface area contributed by atoms with Crippen molar-refractivity contribution in [3.63, 3.8) is 0 Å². The Bertz CT molecular complexity index is 1520. The van der Waals surface area contributed by atoms with E-state index in [1.165, 1.54) is 12.1 Å². The molecule has 0 aliphatic carbocycles. The van der Waals surface area contributed by atoms with Gasteiger partial charge in [-0.1, -0.05) is 36.9 Å². The minimum absolute atomic E-state index is 0.0417. The number of ether oxygens (including phenoxy) is 3. The van der Waals surface area contributed by atoms with Crippen LogP contribution in [0.25, 0.3) is 10.9 Å². The van der Waals surface area contributed by atoms with Crippen LogP contribution in [0.5, 0.6) is 17.2 Å². The summed E-state index contributed by atoms with van der Waals surface area (Å²) in [5.41, 5.74) is 3.37. The van der Waals surface area contributed by atoms with Gasteiger partial charge in [0, 0.05) is 44.7 Å². The molecule has 3 aromatic carbocycles. The summed E-state index contributed by atoms with van der Waals surface area (Å²) < 4.78 is 32.8. The molecule has 0 spiro atoms. The average molecular weight is 528 g/mol. The normalized spacial score (nSPS) is 15.1. The number of rotatable bonds is 8. The zero-order chi connectivity index (χ0) is 26.8. The highest BCUT2D eigenvalue weighted by molar-refractivity contribution is 6.00. The van der Waals surface area contributed by atoms with Crippen molar-refractivity contribution in [2.75, 3.05) is 39.6 Å². The Hall–Kier alpha value is -4.30. The number of benzene rings is 3. The van der Waals surface area contributed by atoms with Crippen LogP contribution >= 0.6 is 0 Å². The number of halogens is 1. The molecule has 1 fully saturated rings. The van der Waals surface area contributed by atoms with Crippen molar-refractivity contribution in [2.45, 2.75) is 13.1 Å². The molecule has 200 valence electrons. The molecule has 1 saturated heterocycles. The zero-order valence-electron chi connectivity index (χ0n) is 21.6. The summed E-state index contributed by atoms with van der Waals surface area (Å²) in [6, 6.07) is 20.2. The Balaban J connectivity index is 1.23. The molecule has 7 nitrogen and oxygen atoms in total. The Morgan fingerprint density at radius 1 is 0.923 bits per heavy atom. The fourth-order valence-electron chi connectivity index (χ4n) is 5.27. The highest BCUT2D eigenvalue weighted by Gasteiger charge is 2.26. The molecule has 0 saturated carbocycles. The first-order valence-electron chi connectivity index (χ1n) is 13.1. The SMILES string of the molecule is C=CCOc1cccc2c1cc(C(=O)N1CCN(Cc3ccc4c(c3)OCO4)CC1)n2Cc1cccc(F)c1. The maximum absolute atomic E-state index is 14.0. The molecule has 39 heavy (non-hydrogen) atoms. The van der Waals surface area contributed by atoms with Crippen LogP contribution in [-0.4, -0.2) is 59.9 Å². The van der Waals surface area contributed by atoms with Crippen molar-refractivity contribution in [3.05, 3.63) is 102 Å². The monoisotopic (exact) mass is 527 g/mol. The lowest BCUT2D eigenvalue weighted by Gasteiger charge is -2.35. The second-order valence-corrected chi connectivity index (χ2v) is 9.79. The number of hydrogen-bond acceptors (Lipinski definition) is 5. The summed E-state index contributed by atoms with van der Waals surface area (Å²) in [5, 5.41) is 0.848. The molecule has 4 aromatic rings. The van der Waals surface area contributed by atoms with E-state index in [0.29, 0.717) is 37.7 Å². The Morgan fingerprint density at radius 3 is 2.54 bits per heavy atom. The van der Waals surface area contributed by atoms with Crippen LogP contribution in [0.1, 0.15) is 21.6 Å². The van der Waals surface area contributed by atoms with Crippen molar-refractivity contribution in [3.8, 4) is 17.2 Å². The lowest BCUT2D eigenvalue weighted by Crippen LogP contribution is -2.48. The number of carbonyl (C=O) groups is 1. The number of hydrogen-bond donors (Lipinski definition) is 0. The molecule has 1 amide bonds. The van der Waals surface area contributed by atoms with E-state index < -0.39 is 0 Å². The second kappa shape index (κ2) is 10.8. The van der Waals surface area contributed by atoms with E-state index in [1.807, 2.05) is 51.9 Å². The average Bonchev–Trinajstić information content (AvgIpc) is 3.57. The van der Waals surface area contributed by atoms with Crippen LogP contribution in [0.3, 0.4) is 0 Å². The predicted molar refractivity (Wildman–Crippen MR) is 147 cm³/mol. The molecule has 3 heterocycles. The molecule has 0 unspecified atom stereocenters. The Kier molecular flexibility index (Phi) is 6.94. The van der Waals surface area contributed by atoms with Gasteiger partial charge in [0.25, 0.3) is 5.91 Å². The molecular formula is C31H30FN3O4. The summed E-state index contributed by atoms with van der Waals surface area (Å²) >= 11 is 0. The van der Waals surface area contributed by atoms with E-state index in [1.54, 1.807) is 12.1 Å². The molecule has 0 atom stereocenters. The Morgan fingerprint density at radius 2 is 1.72 bits per heavy atom. The van der Waals surface area contributed by atoms with Crippen molar-refractivity contribution < 1.29 is 23.4 Å². The van der Waals surface area contributed by atoms with Crippen molar-refractivity contribution in [1.29, 1.82) is 0 Å². The van der Waals surface area contributed by atoms with Gasteiger partial charge in [-0.15, -0.1) is 0 Å². The Labute approximate surface area is 226 Å². The van der Waals surface area contributed by atoms with Crippen LogP contribution in [-0.2, 0) is 13.1 Å². The largest absolute Gasteiger partial charge is 0.489 e. The van der Waals surface area contributed by atoms with E-state index in [9.17, 15) is 9.18 Å². The third-order valence-corrected chi connectivity index (χ3v) is 7.21. The van der Waals surface area contributed by atoms with Crippen LogP contribution in [0.2, 0.25) is 0 Å². The fraction of sp³-hybridized carbons (Fsp3) is 0.258. The first-order chi connectivity index (χ1) is 19.1. The number of nitrogens with zero attached hydrogens (tertiary/aromatic N) is 3. The van der Waals surface area contributed by atoms with Crippen molar-refractivity contribution in [2.24, 2.45) is 0 Å². The predicted octanol–water partition coefficient (Wildman–Crippen LogP) is 5.08. The van der Waals surface area contributed by atoms with Gasteiger partial charge in [-0.25, -0.2) is 4.39 Å². The van der Waals surface area contributed by atoms with Gasteiger partial charge in [0.1, 0.15) is 23.9 Å². The van der Waals surface area contributed by atoms with E-state index in [0.717, 1.165) is 53.2 Å². The summed E-state index contributed by atoms with van der Waals surface area (Å²) in [5.74, 6) is 1.91. The fourth-order valence-corrected chi connectivity index (χ4v) is 5.27. The minimum atomic E-state index is -0.301. The van der Waals surface area contributed by atoms with E-state index in [4.69, 9.17) is 14.2 Å². The standard InChI is InChI=1S/C31H30FN3O4/c1-2-15-37-28-8-4-7-26-25(28)18-27(35(26)20-22-5-3-6-24(32)16-22)31(36)34-13-11-33(12-14-34)19-23-9-10-29-30(17-23)39-21-38-29/h2-10,16-18H,1,11-15,19-21H2. The molecule has 0 N–H and O–H groups in total. The molecule has 2 aliphatic rings. The maximum atomic E-state index is 14.0. The van der Waals surface area contributed by atoms with Crippen LogP contribution in [0, 0.1) is 5.82 Å². The molecule has 2 aliphatic heterocycles. The molecule has 0 radical (unpaired) electrons. The zero-order valence-corrected chi connectivity index (χ0v) is 21.6. The summed E-state index contributed by atoms with van der Waals surface area (Å²) in [4.78, 5) is 18.1. The van der Waals surface area contributed by atoms with Crippen LogP contribution in [0.15, 0.2) is 79.4 Å². The molecule has 6 rings (SSSR count). The second-order valence-electron chi connectivity index (χ2n) is 9.79. The van der Waals surface area contributed by atoms with Gasteiger partial charge in [0.05, 0.1) is 5.52 Å². The van der Waals surface area contributed by atoms with Crippen molar-refractivity contribution >= 4 is 16.8 Å². The van der Waals surface area contributed by atoms with Gasteiger partial charge in [0.15, 0.2) is 11.5 Å². The highest BCUT2D eigenvalue weighted by atomic mass is 19.1. The summed E-state index contributed by atoms with van der Waals surface area (Å²) in [6.45, 7) is 8.27. The van der Waals surface area contributed by atoms with Crippen molar-refractivity contribution in [1.82, 2.24) is 14.4 Å². The lowest BCUT2D eigenvalue weighted by atomic mass is 10.1. The number of piperazine rings is 1. The quantitative estimate of drug-likeness (QED) is 0.299. The smallest absolute Gasteiger partial charge is 0.270 e. The van der Waals surface area contributed by atoms with Gasteiger partial charge >= 0.3 is 0 Å². The van der Waals surface area contributed by atoms with Crippen LogP contribution < -0.4 is 14.2 Å². The maximum Gasteiger partial charge on any atom is 0.270 e. The lowest BCUT2D eigenvalue weighted by molar-refractivity contribution is 0.0619. The molecule has 1 aromatic heterocycles. The summed E-state index contributed by atoms with van der Waals surface area (Å²) in [6.07, 6.45) is 1.69. The van der Waals surface area contributed by atoms with Crippen LogP contribution in [0.4, 0.5) is 4.39 Å². The number of carbonyl (C=O) groups excluding carboxylic acids is 1. The molecule has 0 bridgehead atoms. The third kappa shape index (κ3) is 5.20. The summed E-state index contributed by atoms with van der Waals surface area (Å²) in [7, 11) is 0. The topological polar surface area (TPSA) is 56.2 Å². The van der Waals surface area contributed by atoms with Gasteiger partial charge in [-0.2, -0.15) is 0 Å². The van der Waals surface area contributed by atoms with E-state index in [-0.39, 0.29) is 18.5 Å². The van der Waals surface area contributed by atoms with Gasteiger partial charge in [0.2, 0.25) is 6.79 Å². The number of aromatic nitrogens is 1. The third-order valence-electron chi connectivity index (χ3n) is 7.21. The molecular weight excluding hydrogens is 497 g/mol. The van der Waals surface area contributed by atoms with Gasteiger partial charge < -0.3 is 23.7 Å². The van der Waals surface area contributed by atoms with E-state index in [2.05, 4.69) is 17.5 Å². The first-order valence-corrected chi connectivity index (χ1v) is 13.1. The minimum Gasteiger partial charge on any atom is -0.489 e. The van der Waals surface area contributed by atoms with Gasteiger partial charge in [-0.3, -0.25) is 9.69 Å². The van der Waals surface area contributed by atoms with Gasteiger partial charge in [-0.05, 0) is 53.6 Å². The highest BCUT2D eigenvalue weighted by Crippen LogP contribution is 2.33. The first kappa shape index (κ1) is 25.0.